The molecule has 6 aliphatic carbocycles. The van der Waals surface area contributed by atoms with Crippen molar-refractivity contribution in [2.75, 3.05) is 4.90 Å². The molecule has 0 N–H and O–H groups in total. The van der Waals surface area contributed by atoms with Crippen LogP contribution in [-0.2, 0) is 10.8 Å². The van der Waals surface area contributed by atoms with E-state index < -0.39 is 5.41 Å². The summed E-state index contributed by atoms with van der Waals surface area (Å²) in [7, 11) is 0. The predicted octanol–water partition coefficient (Wildman–Crippen LogP) is 16.8. The number of nitrogens with zero attached hydrogens (tertiary/aromatic N) is 1. The van der Waals surface area contributed by atoms with Gasteiger partial charge in [0.1, 0.15) is 0 Å². The summed E-state index contributed by atoms with van der Waals surface area (Å²) in [6.45, 7) is 4.00. The van der Waals surface area contributed by atoms with E-state index in [4.69, 9.17) is 0 Å². The van der Waals surface area contributed by atoms with Gasteiger partial charge in [0.15, 0.2) is 0 Å². The zero-order chi connectivity index (χ0) is 43.3. The van der Waals surface area contributed by atoms with E-state index in [0.29, 0.717) is 0 Å². The summed E-state index contributed by atoms with van der Waals surface area (Å²) in [5.41, 5.74) is 27.5. The quantitative estimate of drug-likeness (QED) is 0.171. The highest BCUT2D eigenvalue weighted by molar-refractivity contribution is 5.97. The third kappa shape index (κ3) is 5.04. The van der Waals surface area contributed by atoms with Gasteiger partial charge in [0.25, 0.3) is 0 Å². The first kappa shape index (κ1) is 38.0. The maximum Gasteiger partial charge on any atom is 0.0726 e. The molecule has 6 aliphatic rings. The van der Waals surface area contributed by atoms with Crippen molar-refractivity contribution in [2.45, 2.75) is 50.4 Å². The van der Waals surface area contributed by atoms with Crippen molar-refractivity contribution in [2.24, 2.45) is 0 Å². The number of benzene rings is 8. The van der Waals surface area contributed by atoms with Gasteiger partial charge in [-0.1, -0.05) is 190 Å². The van der Waals surface area contributed by atoms with Gasteiger partial charge in [-0.15, -0.1) is 0 Å². The minimum Gasteiger partial charge on any atom is -0.310 e. The van der Waals surface area contributed by atoms with Crippen LogP contribution in [0.1, 0.15) is 72.9 Å². The second-order valence-corrected chi connectivity index (χ2v) is 18.1. The first-order valence-electron chi connectivity index (χ1n) is 23.7. The van der Waals surface area contributed by atoms with Crippen molar-refractivity contribution in [3.8, 4) is 44.5 Å². The van der Waals surface area contributed by atoms with Crippen LogP contribution in [0, 0.1) is 0 Å². The molecular weight excluding hydrogens is 783 g/mol. The highest BCUT2D eigenvalue weighted by Crippen LogP contribution is 2.66. The predicted molar refractivity (Wildman–Crippen MR) is 271 cm³/mol. The van der Waals surface area contributed by atoms with Crippen LogP contribution in [0.4, 0.5) is 17.1 Å². The van der Waals surface area contributed by atoms with Gasteiger partial charge in [-0.3, -0.25) is 0 Å². The number of hydrogen-bond donors (Lipinski definition) is 0. The minimum absolute atomic E-state index is 0.308. The molecule has 0 aliphatic heterocycles. The summed E-state index contributed by atoms with van der Waals surface area (Å²) < 4.78 is 0. The van der Waals surface area contributed by atoms with E-state index in [9.17, 15) is 0 Å². The number of anilines is 3. The second kappa shape index (κ2) is 14.5. The van der Waals surface area contributed by atoms with Gasteiger partial charge in [0, 0.05) is 17.1 Å². The number of hydrogen-bond acceptors (Lipinski definition) is 1. The Morgan fingerprint density at radius 3 is 1.37 bits per heavy atom. The molecule has 1 nitrogen and oxygen atoms in total. The average molecular weight is 832 g/mol. The number of fused-ring (bicyclic) bond motifs is 18. The van der Waals surface area contributed by atoms with E-state index in [0.717, 1.165) is 37.1 Å². The highest BCUT2D eigenvalue weighted by atomic mass is 15.1. The lowest BCUT2D eigenvalue weighted by molar-refractivity contribution is 0.701. The van der Waals surface area contributed by atoms with Crippen molar-refractivity contribution in [3.05, 3.63) is 268 Å². The van der Waals surface area contributed by atoms with E-state index in [1.165, 1.54) is 94.7 Å². The van der Waals surface area contributed by atoms with Gasteiger partial charge in [-0.25, -0.2) is 0 Å². The van der Waals surface area contributed by atoms with Crippen molar-refractivity contribution in [3.63, 3.8) is 0 Å². The fourth-order valence-corrected chi connectivity index (χ4v) is 12.9. The summed E-state index contributed by atoms with van der Waals surface area (Å²) in [6, 6.07) is 71.3. The lowest BCUT2D eigenvalue weighted by atomic mass is 9.66. The van der Waals surface area contributed by atoms with E-state index in [2.05, 4.69) is 217 Å². The minimum atomic E-state index is -0.432. The second-order valence-electron chi connectivity index (χ2n) is 18.1. The maximum atomic E-state index is 2.57. The normalized spacial score (nSPS) is 18.0. The summed E-state index contributed by atoms with van der Waals surface area (Å²) in [4.78, 5) is 2.53. The first-order chi connectivity index (χ1) is 32.3. The Bertz CT molecular complexity index is 3330. The van der Waals surface area contributed by atoms with Crippen LogP contribution in [0.5, 0.6) is 0 Å². The Balaban J connectivity index is 0.00000209. The smallest absolute Gasteiger partial charge is 0.0726 e. The molecule has 0 heterocycles. The van der Waals surface area contributed by atoms with E-state index in [1.54, 1.807) is 11.1 Å². The van der Waals surface area contributed by atoms with Crippen molar-refractivity contribution < 1.29 is 0 Å². The number of allylic oxidation sites excluding steroid dienone is 8. The van der Waals surface area contributed by atoms with Crippen molar-refractivity contribution in [1.29, 1.82) is 0 Å². The molecule has 0 fully saturated rings. The molecule has 1 unspecified atom stereocenters. The Hall–Kier alpha value is -7.48. The molecule has 0 bridgehead atoms. The van der Waals surface area contributed by atoms with Gasteiger partial charge in [-0.2, -0.15) is 0 Å². The molecule has 2 spiro atoms. The molecule has 1 heteroatoms. The van der Waals surface area contributed by atoms with E-state index in [-0.39, 0.29) is 5.41 Å². The third-order valence-electron chi connectivity index (χ3n) is 15.3. The third-order valence-corrected chi connectivity index (χ3v) is 15.3. The van der Waals surface area contributed by atoms with Gasteiger partial charge in [-0.05, 0) is 162 Å². The summed E-state index contributed by atoms with van der Waals surface area (Å²) >= 11 is 0. The molecular formula is C64H49N. The lowest BCUT2D eigenvalue weighted by Gasteiger charge is -2.36. The molecule has 0 radical (unpaired) electrons. The summed E-state index contributed by atoms with van der Waals surface area (Å²) in [5.74, 6) is 0. The number of rotatable bonds is 4. The molecule has 8 aromatic rings. The molecule has 1 atom stereocenters. The zero-order valence-electron chi connectivity index (χ0n) is 37.0. The van der Waals surface area contributed by atoms with Crippen LogP contribution < -0.4 is 4.90 Å². The molecule has 0 saturated carbocycles. The van der Waals surface area contributed by atoms with Crippen LogP contribution in [-0.4, -0.2) is 0 Å². The van der Waals surface area contributed by atoms with E-state index >= 15 is 0 Å². The summed E-state index contributed by atoms with van der Waals surface area (Å²) in [6.07, 6.45) is 14.1. The first-order valence-corrected chi connectivity index (χ1v) is 23.7. The SMILES string of the molecule is C1=CC2=C(CC1)C1=C(CCC=C1)C21c2ccccc2-c2ccc(N(c3ccc(-c4ccccc4)cc3)c3ccc4c(c3)C3(c5ccccc5-c5ccccc53)c3ccccc3-4)cc21.CC. The van der Waals surface area contributed by atoms with Crippen LogP contribution in [0.25, 0.3) is 44.5 Å². The van der Waals surface area contributed by atoms with Crippen LogP contribution in [0.2, 0.25) is 0 Å². The standard InChI is InChI=1S/C62H43N.C2H6/c1-2-16-40(17-3-1)41-30-32-42(33-31-41)63(43-34-36-51-49-22-8-14-28-57(49)61(59(51)38-43)53-24-10-4-18-45(53)46-19-5-11-25-54(46)61)44-35-37-52-50-23-9-15-29-58(50)62(60(52)39-44)55-26-12-6-20-47(55)48-21-7-13-27-56(48)62;1-2/h1-6,8-11,13-20,22-25,27-39H,7,12,21,26H2;1-2H3. The molecule has 0 aromatic heterocycles. The topological polar surface area (TPSA) is 3.24 Å². The van der Waals surface area contributed by atoms with Crippen LogP contribution >= 0.6 is 0 Å². The highest BCUT2D eigenvalue weighted by Gasteiger charge is 2.54. The lowest BCUT2D eigenvalue weighted by Crippen LogP contribution is -2.29. The average Bonchev–Trinajstić information content (AvgIpc) is 4.06. The Kier molecular flexibility index (Phi) is 8.50. The van der Waals surface area contributed by atoms with Crippen molar-refractivity contribution in [1.82, 2.24) is 0 Å². The Morgan fingerprint density at radius 1 is 0.369 bits per heavy atom. The largest absolute Gasteiger partial charge is 0.310 e. The Morgan fingerprint density at radius 2 is 0.800 bits per heavy atom. The zero-order valence-corrected chi connectivity index (χ0v) is 37.0. The molecule has 310 valence electrons. The molecule has 0 amide bonds. The van der Waals surface area contributed by atoms with Gasteiger partial charge >= 0.3 is 0 Å². The van der Waals surface area contributed by atoms with Crippen LogP contribution in [0.15, 0.2) is 235 Å². The molecule has 65 heavy (non-hydrogen) atoms. The molecule has 14 rings (SSSR count). The fraction of sp³-hybridized carbons (Fsp3) is 0.125. The maximum absolute atomic E-state index is 2.57. The Labute approximate surface area is 383 Å². The summed E-state index contributed by atoms with van der Waals surface area (Å²) in [5, 5.41) is 0. The monoisotopic (exact) mass is 831 g/mol. The van der Waals surface area contributed by atoms with Crippen molar-refractivity contribution >= 4 is 17.1 Å². The fourth-order valence-electron chi connectivity index (χ4n) is 12.9. The van der Waals surface area contributed by atoms with Gasteiger partial charge in [0.05, 0.1) is 10.8 Å². The van der Waals surface area contributed by atoms with Gasteiger partial charge in [0.2, 0.25) is 0 Å². The van der Waals surface area contributed by atoms with Gasteiger partial charge < -0.3 is 4.90 Å². The molecule has 0 saturated heterocycles. The molecule has 8 aromatic carbocycles. The van der Waals surface area contributed by atoms with E-state index in [1.807, 2.05) is 13.8 Å². The van der Waals surface area contributed by atoms with Crippen LogP contribution in [0.3, 0.4) is 0 Å².